The van der Waals surface area contributed by atoms with Crippen LogP contribution in [-0.4, -0.2) is 25.2 Å². The van der Waals surface area contributed by atoms with E-state index in [1.54, 1.807) is 0 Å². The molecule has 0 aliphatic heterocycles. The van der Waals surface area contributed by atoms with Gasteiger partial charge in [0.05, 0.1) is 0 Å². The van der Waals surface area contributed by atoms with Gasteiger partial charge < -0.3 is 10.1 Å². The quantitative estimate of drug-likeness (QED) is 0.849. The maximum Gasteiger partial charge on any atom is 0.405 e. The highest BCUT2D eigenvalue weighted by molar-refractivity contribution is 5.77. The molecule has 0 spiro atoms. The molecule has 0 radical (unpaired) electrons. The summed E-state index contributed by atoms with van der Waals surface area (Å²) in [5.74, 6) is -3.35. The fourth-order valence-corrected chi connectivity index (χ4v) is 0.985. The van der Waals surface area contributed by atoms with Crippen molar-refractivity contribution in [3.8, 4) is 5.75 Å². The standard InChI is InChI=1S/C10H8F5NO2/c11-6-1-2-8(7(12)3-6)18-4-9(17)16-5-10(13,14)15/h1-3H,4-5H2,(H,16,17). The maximum absolute atomic E-state index is 13.0. The third-order valence-electron chi connectivity index (χ3n) is 1.74. The molecule has 1 aromatic rings. The molecule has 0 unspecified atom stereocenters. The van der Waals surface area contributed by atoms with Gasteiger partial charge in [-0.15, -0.1) is 0 Å². The van der Waals surface area contributed by atoms with Gasteiger partial charge in [0.15, 0.2) is 18.2 Å². The van der Waals surface area contributed by atoms with E-state index in [1.165, 1.54) is 5.32 Å². The van der Waals surface area contributed by atoms with Gasteiger partial charge in [-0.05, 0) is 12.1 Å². The minimum atomic E-state index is -4.53. The van der Waals surface area contributed by atoms with Gasteiger partial charge in [0.2, 0.25) is 0 Å². The third-order valence-corrected chi connectivity index (χ3v) is 1.74. The fraction of sp³-hybridized carbons (Fsp3) is 0.300. The van der Waals surface area contributed by atoms with Crippen LogP contribution in [0.25, 0.3) is 0 Å². The van der Waals surface area contributed by atoms with E-state index in [2.05, 4.69) is 4.74 Å². The van der Waals surface area contributed by atoms with Crippen LogP contribution in [0.15, 0.2) is 18.2 Å². The van der Waals surface area contributed by atoms with Crippen molar-refractivity contribution in [2.75, 3.05) is 13.2 Å². The highest BCUT2D eigenvalue weighted by Crippen LogP contribution is 2.17. The molecule has 0 saturated carbocycles. The van der Waals surface area contributed by atoms with Crippen molar-refractivity contribution in [1.29, 1.82) is 0 Å². The second-order valence-electron chi connectivity index (χ2n) is 3.26. The lowest BCUT2D eigenvalue weighted by Gasteiger charge is -2.09. The molecule has 0 fully saturated rings. The van der Waals surface area contributed by atoms with Crippen LogP contribution in [0.1, 0.15) is 0 Å². The van der Waals surface area contributed by atoms with Crippen LogP contribution >= 0.6 is 0 Å². The number of nitrogens with one attached hydrogen (secondary N) is 1. The van der Waals surface area contributed by atoms with Crippen LogP contribution in [0.4, 0.5) is 22.0 Å². The number of alkyl halides is 3. The van der Waals surface area contributed by atoms with Crippen molar-refractivity contribution in [3.05, 3.63) is 29.8 Å². The smallest absolute Gasteiger partial charge is 0.405 e. The Hall–Kier alpha value is -1.86. The number of rotatable bonds is 4. The summed E-state index contributed by atoms with van der Waals surface area (Å²) in [6.45, 7) is -2.29. The van der Waals surface area contributed by atoms with E-state index in [9.17, 15) is 26.7 Å². The molecule has 18 heavy (non-hydrogen) atoms. The van der Waals surface area contributed by atoms with Gasteiger partial charge in [-0.1, -0.05) is 0 Å². The molecule has 3 nitrogen and oxygen atoms in total. The van der Waals surface area contributed by atoms with Crippen molar-refractivity contribution in [3.63, 3.8) is 0 Å². The number of halogens is 5. The van der Waals surface area contributed by atoms with Crippen molar-refractivity contribution in [1.82, 2.24) is 5.32 Å². The van der Waals surface area contributed by atoms with Gasteiger partial charge >= 0.3 is 6.18 Å². The molecule has 100 valence electrons. The molecule has 1 amide bonds. The zero-order valence-corrected chi connectivity index (χ0v) is 8.85. The van der Waals surface area contributed by atoms with E-state index < -0.39 is 42.6 Å². The summed E-state index contributed by atoms with van der Waals surface area (Å²) >= 11 is 0. The summed E-state index contributed by atoms with van der Waals surface area (Å²) < 4.78 is 65.3. The van der Waals surface area contributed by atoms with Gasteiger partial charge in [0.25, 0.3) is 5.91 Å². The largest absolute Gasteiger partial charge is 0.481 e. The van der Waals surface area contributed by atoms with Crippen LogP contribution in [-0.2, 0) is 4.79 Å². The Morgan fingerprint density at radius 2 is 1.94 bits per heavy atom. The Morgan fingerprint density at radius 3 is 2.50 bits per heavy atom. The molecule has 1 N–H and O–H groups in total. The molecule has 0 heterocycles. The first-order chi connectivity index (χ1) is 8.28. The Labute approximate surface area is 98.5 Å². The first-order valence-electron chi connectivity index (χ1n) is 4.69. The molecular formula is C10H8F5NO2. The zero-order valence-electron chi connectivity index (χ0n) is 8.85. The minimum Gasteiger partial charge on any atom is -0.481 e. The first-order valence-corrected chi connectivity index (χ1v) is 4.69. The van der Waals surface area contributed by atoms with Gasteiger partial charge in [-0.2, -0.15) is 13.2 Å². The number of amides is 1. The monoisotopic (exact) mass is 269 g/mol. The predicted molar refractivity (Wildman–Crippen MR) is 50.9 cm³/mol. The fourth-order valence-electron chi connectivity index (χ4n) is 0.985. The molecule has 8 heteroatoms. The van der Waals surface area contributed by atoms with E-state index >= 15 is 0 Å². The maximum atomic E-state index is 13.0. The van der Waals surface area contributed by atoms with E-state index in [-0.39, 0.29) is 0 Å². The topological polar surface area (TPSA) is 38.3 Å². The Kier molecular flexibility index (Phi) is 4.46. The van der Waals surface area contributed by atoms with Crippen LogP contribution in [0, 0.1) is 11.6 Å². The van der Waals surface area contributed by atoms with Crippen LogP contribution in [0.5, 0.6) is 5.75 Å². The lowest BCUT2D eigenvalue weighted by atomic mass is 10.3. The molecule has 0 saturated heterocycles. The molecule has 0 aliphatic rings. The Morgan fingerprint density at radius 1 is 1.28 bits per heavy atom. The molecule has 0 atom stereocenters. The summed E-state index contributed by atoms with van der Waals surface area (Å²) in [6, 6.07) is 2.36. The Balaban J connectivity index is 2.43. The number of carbonyl (C=O) groups excluding carboxylic acids is 1. The summed E-state index contributed by atoms with van der Waals surface area (Å²) in [7, 11) is 0. The number of carbonyl (C=O) groups is 1. The highest BCUT2D eigenvalue weighted by Gasteiger charge is 2.27. The average molecular weight is 269 g/mol. The summed E-state index contributed by atoms with van der Waals surface area (Å²) in [6.07, 6.45) is -4.53. The molecule has 0 bridgehead atoms. The molecular weight excluding hydrogens is 261 g/mol. The van der Waals surface area contributed by atoms with Gasteiger partial charge in [0.1, 0.15) is 12.4 Å². The summed E-state index contributed by atoms with van der Waals surface area (Å²) in [5.41, 5.74) is 0. The normalized spacial score (nSPS) is 11.2. The minimum absolute atomic E-state index is 0.418. The Bertz CT molecular complexity index is 433. The number of hydrogen-bond donors (Lipinski definition) is 1. The van der Waals surface area contributed by atoms with Gasteiger partial charge in [-0.3, -0.25) is 4.79 Å². The predicted octanol–water partition coefficient (Wildman–Crippen LogP) is 2.02. The SMILES string of the molecule is O=C(COc1ccc(F)cc1F)NCC(F)(F)F. The molecule has 0 aliphatic carbocycles. The number of ether oxygens (including phenoxy) is 1. The summed E-state index contributed by atoms with van der Waals surface area (Å²) in [5, 5.41) is 1.54. The van der Waals surface area contributed by atoms with E-state index in [1.807, 2.05) is 0 Å². The van der Waals surface area contributed by atoms with Crippen LogP contribution in [0.2, 0.25) is 0 Å². The zero-order chi connectivity index (χ0) is 13.8. The number of benzene rings is 1. The van der Waals surface area contributed by atoms with E-state index in [0.29, 0.717) is 6.07 Å². The molecule has 0 aromatic heterocycles. The molecule has 1 rings (SSSR count). The average Bonchev–Trinajstić information content (AvgIpc) is 2.24. The first kappa shape index (κ1) is 14.2. The van der Waals surface area contributed by atoms with Gasteiger partial charge in [0, 0.05) is 6.07 Å². The molecule has 1 aromatic carbocycles. The van der Waals surface area contributed by atoms with Crippen molar-refractivity contribution >= 4 is 5.91 Å². The summed E-state index contributed by atoms with van der Waals surface area (Å²) in [4.78, 5) is 10.9. The van der Waals surface area contributed by atoms with Crippen molar-refractivity contribution < 1.29 is 31.5 Å². The van der Waals surface area contributed by atoms with Crippen LogP contribution < -0.4 is 10.1 Å². The van der Waals surface area contributed by atoms with Gasteiger partial charge in [-0.25, -0.2) is 8.78 Å². The highest BCUT2D eigenvalue weighted by atomic mass is 19.4. The second-order valence-corrected chi connectivity index (χ2v) is 3.26. The number of hydrogen-bond acceptors (Lipinski definition) is 2. The van der Waals surface area contributed by atoms with Crippen LogP contribution in [0.3, 0.4) is 0 Å². The third kappa shape index (κ3) is 4.98. The van der Waals surface area contributed by atoms with E-state index in [0.717, 1.165) is 12.1 Å². The van der Waals surface area contributed by atoms with E-state index in [4.69, 9.17) is 0 Å². The van der Waals surface area contributed by atoms with Crippen molar-refractivity contribution in [2.24, 2.45) is 0 Å². The lowest BCUT2D eigenvalue weighted by molar-refractivity contribution is -0.139. The van der Waals surface area contributed by atoms with Crippen molar-refractivity contribution in [2.45, 2.75) is 6.18 Å². The second kappa shape index (κ2) is 5.65. The lowest BCUT2D eigenvalue weighted by Crippen LogP contribution is -2.36.